The van der Waals surface area contributed by atoms with Crippen LogP contribution in [0, 0.1) is 0 Å². The molecular formula is C24H21BrN2O3. The molecule has 0 radical (unpaired) electrons. The number of amides is 2. The van der Waals surface area contributed by atoms with E-state index in [0.29, 0.717) is 30.0 Å². The topological polar surface area (TPSA) is 67.4 Å². The van der Waals surface area contributed by atoms with Crippen LogP contribution in [-0.2, 0) is 11.2 Å². The zero-order valence-electron chi connectivity index (χ0n) is 16.2. The van der Waals surface area contributed by atoms with E-state index in [1.54, 1.807) is 36.4 Å². The van der Waals surface area contributed by atoms with Gasteiger partial charge < -0.3 is 15.4 Å². The van der Waals surface area contributed by atoms with Gasteiger partial charge in [-0.2, -0.15) is 0 Å². The van der Waals surface area contributed by atoms with Gasteiger partial charge in [0.2, 0.25) is 0 Å². The van der Waals surface area contributed by atoms with Crippen LogP contribution in [0.1, 0.15) is 37.9 Å². The van der Waals surface area contributed by atoms with Crippen LogP contribution in [0.15, 0.2) is 77.3 Å². The molecule has 4 rings (SSSR count). The van der Waals surface area contributed by atoms with Gasteiger partial charge in [0, 0.05) is 27.8 Å². The first-order valence-corrected chi connectivity index (χ1v) is 10.5. The molecule has 0 fully saturated rings. The standard InChI is InChI=1S/C24H21BrN2O3/c25-19-9-5-18(6-10-19)24(29)27-20-11-7-17(8-12-20)23(28)26-15-22-21-4-2-1-3-16(21)13-14-30-22/h1-12,22H,13-15H2,(H,26,28)(H,27,29). The largest absolute Gasteiger partial charge is 0.371 e. The average molecular weight is 465 g/mol. The smallest absolute Gasteiger partial charge is 0.255 e. The fourth-order valence-electron chi connectivity index (χ4n) is 3.44. The van der Waals surface area contributed by atoms with Crippen molar-refractivity contribution in [3.63, 3.8) is 0 Å². The molecule has 6 heteroatoms. The van der Waals surface area contributed by atoms with Crippen molar-refractivity contribution in [1.29, 1.82) is 0 Å². The third-order valence-corrected chi connectivity index (χ3v) is 5.58. The van der Waals surface area contributed by atoms with Crippen LogP contribution in [0.25, 0.3) is 0 Å². The summed E-state index contributed by atoms with van der Waals surface area (Å²) in [7, 11) is 0. The van der Waals surface area contributed by atoms with E-state index in [4.69, 9.17) is 4.74 Å². The average Bonchev–Trinajstić information content (AvgIpc) is 2.78. The van der Waals surface area contributed by atoms with Crippen molar-refractivity contribution >= 4 is 33.4 Å². The summed E-state index contributed by atoms with van der Waals surface area (Å²) in [6.45, 7) is 1.07. The number of carbonyl (C=O) groups is 2. The van der Waals surface area contributed by atoms with Gasteiger partial charge in [-0.25, -0.2) is 0 Å². The lowest BCUT2D eigenvalue weighted by molar-refractivity contribution is 0.0411. The number of benzene rings is 3. The molecule has 1 aliphatic heterocycles. The second kappa shape index (κ2) is 9.24. The second-order valence-electron chi connectivity index (χ2n) is 7.06. The van der Waals surface area contributed by atoms with E-state index < -0.39 is 0 Å². The Morgan fingerprint density at radius 1 is 0.900 bits per heavy atom. The van der Waals surface area contributed by atoms with Gasteiger partial charge in [0.1, 0.15) is 6.10 Å². The number of anilines is 1. The molecule has 30 heavy (non-hydrogen) atoms. The van der Waals surface area contributed by atoms with Crippen LogP contribution in [0.2, 0.25) is 0 Å². The van der Waals surface area contributed by atoms with E-state index in [1.807, 2.05) is 30.3 Å². The number of halogens is 1. The van der Waals surface area contributed by atoms with Gasteiger partial charge in [-0.3, -0.25) is 9.59 Å². The molecule has 1 aliphatic rings. The normalized spacial score (nSPS) is 15.2. The van der Waals surface area contributed by atoms with Gasteiger partial charge in [0.25, 0.3) is 11.8 Å². The Balaban J connectivity index is 1.34. The molecular weight excluding hydrogens is 444 g/mol. The number of hydrogen-bond donors (Lipinski definition) is 2. The molecule has 1 unspecified atom stereocenters. The van der Waals surface area contributed by atoms with Crippen LogP contribution in [0.5, 0.6) is 0 Å². The van der Waals surface area contributed by atoms with E-state index in [2.05, 4.69) is 32.6 Å². The third-order valence-electron chi connectivity index (χ3n) is 5.05. The highest BCUT2D eigenvalue weighted by Crippen LogP contribution is 2.26. The number of carbonyl (C=O) groups excluding carboxylic acids is 2. The minimum absolute atomic E-state index is 0.136. The predicted octanol–water partition coefficient (Wildman–Crippen LogP) is 4.75. The van der Waals surface area contributed by atoms with E-state index in [1.165, 1.54) is 5.56 Å². The van der Waals surface area contributed by atoms with Crippen LogP contribution < -0.4 is 10.6 Å². The first kappa shape index (κ1) is 20.3. The SMILES string of the molecule is O=C(NCC1OCCc2ccccc21)c1ccc(NC(=O)c2ccc(Br)cc2)cc1. The van der Waals surface area contributed by atoms with Crippen molar-refractivity contribution in [3.05, 3.63) is 99.5 Å². The number of nitrogens with one attached hydrogen (secondary N) is 2. The monoisotopic (exact) mass is 464 g/mol. The highest BCUT2D eigenvalue weighted by Gasteiger charge is 2.21. The van der Waals surface area contributed by atoms with Crippen LogP contribution in [0.3, 0.4) is 0 Å². The van der Waals surface area contributed by atoms with E-state index in [-0.39, 0.29) is 17.9 Å². The van der Waals surface area contributed by atoms with Crippen LogP contribution in [-0.4, -0.2) is 25.0 Å². The predicted molar refractivity (Wildman–Crippen MR) is 120 cm³/mol. The maximum absolute atomic E-state index is 12.5. The molecule has 1 atom stereocenters. The molecule has 0 saturated heterocycles. The lowest BCUT2D eigenvalue weighted by atomic mass is 9.97. The van der Waals surface area contributed by atoms with Crippen molar-refractivity contribution in [1.82, 2.24) is 5.32 Å². The molecule has 2 amide bonds. The second-order valence-corrected chi connectivity index (χ2v) is 7.97. The van der Waals surface area contributed by atoms with Gasteiger partial charge in [0.05, 0.1) is 6.61 Å². The lowest BCUT2D eigenvalue weighted by Gasteiger charge is -2.26. The highest BCUT2D eigenvalue weighted by atomic mass is 79.9. The van der Waals surface area contributed by atoms with Crippen molar-refractivity contribution in [2.24, 2.45) is 0 Å². The molecule has 2 N–H and O–H groups in total. The summed E-state index contributed by atoms with van der Waals surface area (Å²) in [6, 6.07) is 22.1. The lowest BCUT2D eigenvalue weighted by Crippen LogP contribution is -2.31. The number of hydrogen-bond acceptors (Lipinski definition) is 3. The fraction of sp³-hybridized carbons (Fsp3) is 0.167. The first-order chi connectivity index (χ1) is 14.6. The minimum Gasteiger partial charge on any atom is -0.371 e. The van der Waals surface area contributed by atoms with Gasteiger partial charge in [0.15, 0.2) is 0 Å². The number of rotatable bonds is 5. The zero-order chi connectivity index (χ0) is 20.9. The van der Waals surface area contributed by atoms with Gasteiger partial charge in [-0.1, -0.05) is 40.2 Å². The van der Waals surface area contributed by atoms with Gasteiger partial charge in [-0.05, 0) is 66.1 Å². The summed E-state index contributed by atoms with van der Waals surface area (Å²) in [4.78, 5) is 24.8. The maximum Gasteiger partial charge on any atom is 0.255 e. The minimum atomic E-state index is -0.201. The summed E-state index contributed by atoms with van der Waals surface area (Å²) < 4.78 is 6.75. The van der Waals surface area contributed by atoms with Crippen LogP contribution >= 0.6 is 15.9 Å². The molecule has 3 aromatic carbocycles. The Bertz CT molecular complexity index is 1050. The van der Waals surface area contributed by atoms with E-state index in [9.17, 15) is 9.59 Å². The molecule has 1 heterocycles. The first-order valence-electron chi connectivity index (χ1n) is 9.75. The maximum atomic E-state index is 12.5. The highest BCUT2D eigenvalue weighted by molar-refractivity contribution is 9.10. The molecule has 0 aliphatic carbocycles. The molecule has 0 spiro atoms. The Kier molecular flexibility index (Phi) is 6.26. The quantitative estimate of drug-likeness (QED) is 0.572. The van der Waals surface area contributed by atoms with Crippen molar-refractivity contribution in [3.8, 4) is 0 Å². The Labute approximate surface area is 183 Å². The molecule has 0 aromatic heterocycles. The number of ether oxygens (including phenoxy) is 1. The molecule has 0 saturated carbocycles. The van der Waals surface area contributed by atoms with Crippen LogP contribution in [0.4, 0.5) is 5.69 Å². The summed E-state index contributed by atoms with van der Waals surface area (Å²) in [6.07, 6.45) is 0.761. The van der Waals surface area contributed by atoms with Crippen molar-refractivity contribution in [2.75, 3.05) is 18.5 Å². The van der Waals surface area contributed by atoms with E-state index in [0.717, 1.165) is 16.5 Å². The summed E-state index contributed by atoms with van der Waals surface area (Å²) in [5, 5.41) is 5.78. The van der Waals surface area contributed by atoms with Crippen molar-refractivity contribution in [2.45, 2.75) is 12.5 Å². The fourth-order valence-corrected chi connectivity index (χ4v) is 3.71. The molecule has 5 nitrogen and oxygen atoms in total. The summed E-state index contributed by atoms with van der Waals surface area (Å²) in [5.41, 5.74) is 4.13. The molecule has 0 bridgehead atoms. The Morgan fingerprint density at radius 3 is 2.33 bits per heavy atom. The van der Waals surface area contributed by atoms with Gasteiger partial charge >= 0.3 is 0 Å². The Morgan fingerprint density at radius 2 is 1.57 bits per heavy atom. The zero-order valence-corrected chi connectivity index (χ0v) is 17.8. The van der Waals surface area contributed by atoms with Gasteiger partial charge in [-0.15, -0.1) is 0 Å². The van der Waals surface area contributed by atoms with Crippen molar-refractivity contribution < 1.29 is 14.3 Å². The third kappa shape index (κ3) is 4.78. The Hall–Kier alpha value is -2.96. The summed E-state index contributed by atoms with van der Waals surface area (Å²) >= 11 is 3.35. The van der Waals surface area contributed by atoms with E-state index >= 15 is 0 Å². The number of fused-ring (bicyclic) bond motifs is 1. The molecule has 152 valence electrons. The summed E-state index contributed by atoms with van der Waals surface area (Å²) in [5.74, 6) is -0.375. The molecule has 3 aromatic rings.